The van der Waals surface area contributed by atoms with E-state index in [2.05, 4.69) is 44.3 Å². The zero-order valence-electron chi connectivity index (χ0n) is 12.2. The summed E-state index contributed by atoms with van der Waals surface area (Å²) in [5.41, 5.74) is 1.37. The van der Waals surface area contributed by atoms with Crippen LogP contribution in [0, 0.1) is 11.8 Å². The van der Waals surface area contributed by atoms with Crippen LogP contribution in [0.15, 0.2) is 24.3 Å². The molecule has 0 bridgehead atoms. The van der Waals surface area contributed by atoms with E-state index in [0.717, 1.165) is 31.2 Å². The predicted octanol–water partition coefficient (Wildman–Crippen LogP) is 3.51. The van der Waals surface area contributed by atoms with Crippen molar-refractivity contribution in [2.75, 3.05) is 20.2 Å². The zero-order chi connectivity index (χ0) is 13.4. The normalized spacial score (nSPS) is 14.2. The quantitative estimate of drug-likeness (QED) is 0.761. The molecule has 18 heavy (non-hydrogen) atoms. The molecule has 2 nitrogen and oxygen atoms in total. The van der Waals surface area contributed by atoms with Crippen LogP contribution in [0.2, 0.25) is 0 Å². The molecule has 1 N–H and O–H groups in total. The van der Waals surface area contributed by atoms with Gasteiger partial charge in [0.05, 0.1) is 7.11 Å². The van der Waals surface area contributed by atoms with Gasteiger partial charge < -0.3 is 10.1 Å². The third-order valence-corrected chi connectivity index (χ3v) is 3.74. The molecule has 0 saturated carbocycles. The molecule has 2 atom stereocenters. The molecule has 2 heteroatoms. The van der Waals surface area contributed by atoms with Crippen LogP contribution in [0.5, 0.6) is 5.75 Å². The van der Waals surface area contributed by atoms with Gasteiger partial charge in [-0.3, -0.25) is 0 Å². The second-order valence-electron chi connectivity index (χ2n) is 5.01. The van der Waals surface area contributed by atoms with Crippen molar-refractivity contribution in [2.24, 2.45) is 11.8 Å². The molecule has 0 fully saturated rings. The van der Waals surface area contributed by atoms with Crippen molar-refractivity contribution in [1.82, 2.24) is 5.32 Å². The van der Waals surface area contributed by atoms with Crippen molar-refractivity contribution >= 4 is 0 Å². The van der Waals surface area contributed by atoms with Gasteiger partial charge >= 0.3 is 0 Å². The van der Waals surface area contributed by atoms with Gasteiger partial charge in [0, 0.05) is 0 Å². The first kappa shape index (κ1) is 15.0. The monoisotopic (exact) mass is 249 g/mol. The fourth-order valence-electron chi connectivity index (χ4n) is 2.24. The lowest BCUT2D eigenvalue weighted by molar-refractivity contribution is 0.331. The van der Waals surface area contributed by atoms with Crippen LogP contribution < -0.4 is 10.1 Å². The number of benzene rings is 1. The molecule has 1 rings (SSSR count). The summed E-state index contributed by atoms with van der Waals surface area (Å²) in [4.78, 5) is 0. The first-order valence-electron chi connectivity index (χ1n) is 7.04. The Morgan fingerprint density at radius 1 is 1.28 bits per heavy atom. The topological polar surface area (TPSA) is 21.3 Å². The summed E-state index contributed by atoms with van der Waals surface area (Å²) in [6.07, 6.45) is 2.36. The molecule has 0 heterocycles. The van der Waals surface area contributed by atoms with E-state index in [-0.39, 0.29) is 0 Å². The lowest BCUT2D eigenvalue weighted by atomic mass is 9.86. The number of methoxy groups -OCH3 is 1. The highest BCUT2D eigenvalue weighted by Gasteiger charge is 2.16. The van der Waals surface area contributed by atoms with E-state index >= 15 is 0 Å². The van der Waals surface area contributed by atoms with Gasteiger partial charge in [-0.1, -0.05) is 39.3 Å². The van der Waals surface area contributed by atoms with Crippen molar-refractivity contribution in [1.29, 1.82) is 0 Å². The van der Waals surface area contributed by atoms with E-state index in [4.69, 9.17) is 4.74 Å². The Labute approximate surface area is 112 Å². The lowest BCUT2D eigenvalue weighted by Crippen LogP contribution is -2.28. The number of nitrogens with one attached hydrogen (secondary N) is 1. The third-order valence-electron chi connectivity index (χ3n) is 3.74. The Hall–Kier alpha value is -1.02. The molecule has 0 radical (unpaired) electrons. The third kappa shape index (κ3) is 4.69. The molecule has 0 aliphatic heterocycles. The van der Waals surface area contributed by atoms with Crippen molar-refractivity contribution in [3.63, 3.8) is 0 Å². The largest absolute Gasteiger partial charge is 0.497 e. The molecule has 0 aromatic heterocycles. The van der Waals surface area contributed by atoms with Crippen molar-refractivity contribution < 1.29 is 4.74 Å². The summed E-state index contributed by atoms with van der Waals surface area (Å²) in [5, 5.41) is 3.48. The maximum atomic E-state index is 5.29. The fourth-order valence-corrected chi connectivity index (χ4v) is 2.24. The predicted molar refractivity (Wildman–Crippen MR) is 78.2 cm³/mol. The van der Waals surface area contributed by atoms with E-state index in [1.807, 2.05) is 6.07 Å². The first-order valence-corrected chi connectivity index (χ1v) is 7.04. The highest BCUT2D eigenvalue weighted by Crippen LogP contribution is 2.22. The van der Waals surface area contributed by atoms with E-state index in [1.54, 1.807) is 7.11 Å². The minimum Gasteiger partial charge on any atom is -0.497 e. The second kappa shape index (κ2) is 8.15. The van der Waals surface area contributed by atoms with Crippen molar-refractivity contribution in [3.05, 3.63) is 29.8 Å². The van der Waals surface area contributed by atoms with Crippen LogP contribution in [0.3, 0.4) is 0 Å². The van der Waals surface area contributed by atoms with Crippen LogP contribution in [0.25, 0.3) is 0 Å². The van der Waals surface area contributed by atoms with Gasteiger partial charge in [-0.25, -0.2) is 0 Å². The van der Waals surface area contributed by atoms with Crippen molar-refractivity contribution in [3.8, 4) is 5.75 Å². The van der Waals surface area contributed by atoms with Crippen LogP contribution >= 0.6 is 0 Å². The lowest BCUT2D eigenvalue weighted by Gasteiger charge is -2.23. The Morgan fingerprint density at radius 2 is 2.06 bits per heavy atom. The summed E-state index contributed by atoms with van der Waals surface area (Å²) in [6, 6.07) is 8.44. The summed E-state index contributed by atoms with van der Waals surface area (Å²) in [6.45, 7) is 8.93. The Bertz CT molecular complexity index is 338. The average Bonchev–Trinajstić information content (AvgIpc) is 2.42. The SMILES string of the molecule is CCNCC(Cc1cccc(OC)c1)C(C)CC. The Balaban J connectivity index is 2.68. The van der Waals surface area contributed by atoms with E-state index < -0.39 is 0 Å². The standard InChI is InChI=1S/C16H27NO/c1-5-13(3)15(12-17-6-2)10-14-8-7-9-16(11-14)18-4/h7-9,11,13,15,17H,5-6,10,12H2,1-4H3. The molecule has 102 valence electrons. The van der Waals surface area contributed by atoms with Crippen LogP contribution in [-0.2, 0) is 6.42 Å². The second-order valence-corrected chi connectivity index (χ2v) is 5.01. The molecular weight excluding hydrogens is 222 g/mol. The molecule has 0 amide bonds. The summed E-state index contributed by atoms with van der Waals surface area (Å²) < 4.78 is 5.29. The van der Waals surface area contributed by atoms with Gasteiger partial charge in [-0.2, -0.15) is 0 Å². The van der Waals surface area contributed by atoms with Crippen LogP contribution in [0.1, 0.15) is 32.8 Å². The fraction of sp³-hybridized carbons (Fsp3) is 0.625. The smallest absolute Gasteiger partial charge is 0.119 e. The zero-order valence-corrected chi connectivity index (χ0v) is 12.2. The molecule has 0 spiro atoms. The molecule has 2 unspecified atom stereocenters. The van der Waals surface area contributed by atoms with Gasteiger partial charge in [-0.15, -0.1) is 0 Å². The highest BCUT2D eigenvalue weighted by molar-refractivity contribution is 5.28. The summed E-state index contributed by atoms with van der Waals surface area (Å²) in [5.74, 6) is 2.40. The molecule has 0 aliphatic rings. The van der Waals surface area contributed by atoms with Crippen LogP contribution in [-0.4, -0.2) is 20.2 Å². The van der Waals surface area contributed by atoms with Gasteiger partial charge in [0.2, 0.25) is 0 Å². The van der Waals surface area contributed by atoms with Gasteiger partial charge in [0.25, 0.3) is 0 Å². The first-order chi connectivity index (χ1) is 8.71. The molecule has 1 aromatic rings. The molecule has 0 aliphatic carbocycles. The number of hydrogen-bond acceptors (Lipinski definition) is 2. The number of hydrogen-bond donors (Lipinski definition) is 1. The van der Waals surface area contributed by atoms with Gasteiger partial charge in [0.15, 0.2) is 0 Å². The summed E-state index contributed by atoms with van der Waals surface area (Å²) >= 11 is 0. The summed E-state index contributed by atoms with van der Waals surface area (Å²) in [7, 11) is 1.73. The van der Waals surface area contributed by atoms with Gasteiger partial charge in [0.1, 0.15) is 5.75 Å². The Morgan fingerprint density at radius 3 is 2.67 bits per heavy atom. The molecule has 1 aromatic carbocycles. The van der Waals surface area contributed by atoms with Gasteiger partial charge in [-0.05, 0) is 49.0 Å². The highest BCUT2D eigenvalue weighted by atomic mass is 16.5. The average molecular weight is 249 g/mol. The van der Waals surface area contributed by atoms with E-state index in [1.165, 1.54) is 12.0 Å². The molecular formula is C16H27NO. The minimum atomic E-state index is 0.696. The van der Waals surface area contributed by atoms with E-state index in [0.29, 0.717) is 5.92 Å². The Kier molecular flexibility index (Phi) is 6.81. The molecule has 0 saturated heterocycles. The van der Waals surface area contributed by atoms with E-state index in [9.17, 15) is 0 Å². The number of ether oxygens (including phenoxy) is 1. The maximum absolute atomic E-state index is 5.29. The van der Waals surface area contributed by atoms with Crippen LogP contribution in [0.4, 0.5) is 0 Å². The maximum Gasteiger partial charge on any atom is 0.119 e. The van der Waals surface area contributed by atoms with Crippen molar-refractivity contribution in [2.45, 2.75) is 33.6 Å². The number of rotatable bonds is 8. The minimum absolute atomic E-state index is 0.696.